The van der Waals surface area contributed by atoms with Crippen LogP contribution in [0.15, 0.2) is 12.5 Å². The van der Waals surface area contributed by atoms with Crippen LogP contribution in [0.25, 0.3) is 0 Å². The highest BCUT2D eigenvalue weighted by molar-refractivity contribution is 5.70. The molecule has 0 unspecified atom stereocenters. The summed E-state index contributed by atoms with van der Waals surface area (Å²) in [5.74, 6) is 0. The van der Waals surface area contributed by atoms with E-state index in [0.717, 1.165) is 38.5 Å². The van der Waals surface area contributed by atoms with E-state index in [-0.39, 0.29) is 6.61 Å². The van der Waals surface area contributed by atoms with Gasteiger partial charge >= 0.3 is 0 Å². The number of rotatable bonds is 7. The molecule has 0 spiro atoms. The predicted molar refractivity (Wildman–Crippen MR) is 53.2 cm³/mol. The van der Waals surface area contributed by atoms with Crippen LogP contribution in [0, 0.1) is 0 Å². The number of hydrogen-bond acceptors (Lipinski definition) is 3. The van der Waals surface area contributed by atoms with Crippen LogP contribution >= 0.6 is 0 Å². The first-order chi connectivity index (χ1) is 6.86. The Morgan fingerprint density at radius 1 is 1.36 bits per heavy atom. The molecule has 0 bridgehead atoms. The second kappa shape index (κ2) is 6.32. The number of unbranched alkanes of at least 4 members (excludes halogenated alkanes) is 3. The van der Waals surface area contributed by atoms with E-state index < -0.39 is 0 Å². The first kappa shape index (κ1) is 10.9. The van der Waals surface area contributed by atoms with Crippen molar-refractivity contribution in [2.75, 3.05) is 6.61 Å². The maximum Gasteiger partial charge on any atom is 0.169 e. The highest BCUT2D eigenvalue weighted by atomic mass is 16.2. The Bertz CT molecular complexity index is 271. The Morgan fingerprint density at radius 2 is 2.14 bits per heavy atom. The molecule has 0 fully saturated rings. The molecule has 0 saturated heterocycles. The monoisotopic (exact) mass is 196 g/mol. The quantitative estimate of drug-likeness (QED) is 0.527. The van der Waals surface area contributed by atoms with E-state index >= 15 is 0 Å². The number of aliphatic hydroxyl groups is 1. The maximum absolute atomic E-state index is 10.3. The van der Waals surface area contributed by atoms with Gasteiger partial charge in [-0.05, 0) is 12.8 Å². The molecule has 1 aromatic heterocycles. The topological polar surface area (TPSA) is 55.1 Å². The van der Waals surface area contributed by atoms with Gasteiger partial charge in [-0.2, -0.15) is 0 Å². The van der Waals surface area contributed by atoms with Gasteiger partial charge in [0.25, 0.3) is 0 Å². The number of aliphatic hydroxyl groups excluding tert-OH is 1. The summed E-state index contributed by atoms with van der Waals surface area (Å²) in [6, 6.07) is 0. The molecule has 0 aliphatic rings. The summed E-state index contributed by atoms with van der Waals surface area (Å²) in [4.78, 5) is 14.2. The van der Waals surface area contributed by atoms with E-state index in [1.165, 1.54) is 0 Å². The van der Waals surface area contributed by atoms with Crippen LogP contribution in [-0.2, 0) is 6.54 Å². The van der Waals surface area contributed by atoms with E-state index in [9.17, 15) is 4.79 Å². The number of carbonyl (C=O) groups excluding carboxylic acids is 1. The predicted octanol–water partition coefficient (Wildman–Crippen LogP) is 1.25. The van der Waals surface area contributed by atoms with Crippen LogP contribution in [0.3, 0.4) is 0 Å². The van der Waals surface area contributed by atoms with Crippen molar-refractivity contribution in [2.24, 2.45) is 0 Å². The van der Waals surface area contributed by atoms with Crippen molar-refractivity contribution in [1.29, 1.82) is 0 Å². The van der Waals surface area contributed by atoms with Crippen molar-refractivity contribution >= 4 is 6.29 Å². The third-order valence-electron chi connectivity index (χ3n) is 2.10. The minimum absolute atomic E-state index is 0.278. The van der Waals surface area contributed by atoms with Gasteiger partial charge in [-0.25, -0.2) is 4.98 Å². The number of nitrogens with zero attached hydrogens (tertiary/aromatic N) is 2. The summed E-state index contributed by atoms with van der Waals surface area (Å²) in [5, 5.41) is 8.56. The lowest BCUT2D eigenvalue weighted by Gasteiger charge is -2.00. The molecule has 1 aromatic rings. The van der Waals surface area contributed by atoms with Crippen molar-refractivity contribution in [3.05, 3.63) is 18.2 Å². The van der Waals surface area contributed by atoms with Crippen molar-refractivity contribution in [2.45, 2.75) is 32.2 Å². The SMILES string of the molecule is O=Cc1cn(CCCCCCO)cn1. The number of aryl methyl sites for hydroxylation is 1. The third-order valence-corrected chi connectivity index (χ3v) is 2.10. The standard InChI is InChI=1S/C10H16N2O2/c13-6-4-2-1-3-5-12-7-10(8-14)11-9-12/h7-9,13H,1-6H2. The lowest BCUT2D eigenvalue weighted by Crippen LogP contribution is -1.94. The van der Waals surface area contributed by atoms with E-state index in [1.807, 2.05) is 4.57 Å². The lowest BCUT2D eigenvalue weighted by atomic mass is 10.2. The zero-order chi connectivity index (χ0) is 10.2. The van der Waals surface area contributed by atoms with E-state index in [4.69, 9.17) is 5.11 Å². The number of imidazole rings is 1. The molecule has 1 heterocycles. The van der Waals surface area contributed by atoms with Gasteiger partial charge in [0.05, 0.1) is 6.33 Å². The average molecular weight is 196 g/mol. The maximum atomic E-state index is 10.3. The fourth-order valence-electron chi connectivity index (χ4n) is 1.32. The lowest BCUT2D eigenvalue weighted by molar-refractivity contribution is 0.111. The van der Waals surface area contributed by atoms with Gasteiger partial charge in [-0.1, -0.05) is 12.8 Å². The van der Waals surface area contributed by atoms with Gasteiger partial charge in [-0.15, -0.1) is 0 Å². The Kier molecular flexibility index (Phi) is 4.93. The zero-order valence-electron chi connectivity index (χ0n) is 8.22. The first-order valence-corrected chi connectivity index (χ1v) is 4.94. The van der Waals surface area contributed by atoms with Gasteiger partial charge in [0.1, 0.15) is 5.69 Å². The number of carbonyl (C=O) groups is 1. The first-order valence-electron chi connectivity index (χ1n) is 4.94. The van der Waals surface area contributed by atoms with Crippen LogP contribution in [-0.4, -0.2) is 27.6 Å². The smallest absolute Gasteiger partial charge is 0.169 e. The van der Waals surface area contributed by atoms with Gasteiger partial charge in [0.15, 0.2) is 6.29 Å². The summed E-state index contributed by atoms with van der Waals surface area (Å²) in [7, 11) is 0. The third kappa shape index (κ3) is 3.70. The molecule has 0 radical (unpaired) electrons. The Morgan fingerprint density at radius 3 is 2.79 bits per heavy atom. The number of aldehydes is 1. The summed E-state index contributed by atoms with van der Waals surface area (Å²) in [5.41, 5.74) is 0.486. The molecule has 14 heavy (non-hydrogen) atoms. The molecule has 0 amide bonds. The number of hydrogen-bond donors (Lipinski definition) is 1. The van der Waals surface area contributed by atoms with Crippen LogP contribution < -0.4 is 0 Å². The normalized spacial score (nSPS) is 10.4. The highest BCUT2D eigenvalue weighted by Crippen LogP contribution is 2.02. The van der Waals surface area contributed by atoms with Crippen molar-refractivity contribution in [3.63, 3.8) is 0 Å². The Labute approximate surface area is 83.6 Å². The second-order valence-corrected chi connectivity index (χ2v) is 3.29. The minimum atomic E-state index is 0.278. The van der Waals surface area contributed by atoms with E-state index in [0.29, 0.717) is 5.69 Å². The molecule has 78 valence electrons. The van der Waals surface area contributed by atoms with Crippen molar-refractivity contribution in [3.8, 4) is 0 Å². The summed E-state index contributed by atoms with van der Waals surface area (Å²) in [6.45, 7) is 1.17. The van der Waals surface area contributed by atoms with Gasteiger partial charge < -0.3 is 9.67 Å². The average Bonchev–Trinajstić information content (AvgIpc) is 2.65. The van der Waals surface area contributed by atoms with E-state index in [1.54, 1.807) is 12.5 Å². The molecule has 0 aromatic carbocycles. The molecule has 0 aliphatic carbocycles. The summed E-state index contributed by atoms with van der Waals surface area (Å²) >= 11 is 0. The van der Waals surface area contributed by atoms with Crippen LogP contribution in [0.2, 0.25) is 0 Å². The van der Waals surface area contributed by atoms with E-state index in [2.05, 4.69) is 4.98 Å². The number of aromatic nitrogens is 2. The fraction of sp³-hybridized carbons (Fsp3) is 0.600. The van der Waals surface area contributed by atoms with Gasteiger partial charge in [-0.3, -0.25) is 4.79 Å². The van der Waals surface area contributed by atoms with Crippen molar-refractivity contribution < 1.29 is 9.90 Å². The van der Waals surface area contributed by atoms with Crippen LogP contribution in [0.4, 0.5) is 0 Å². The molecular weight excluding hydrogens is 180 g/mol. The molecule has 1 rings (SSSR count). The van der Waals surface area contributed by atoms with Crippen molar-refractivity contribution in [1.82, 2.24) is 9.55 Å². The molecular formula is C10H16N2O2. The van der Waals surface area contributed by atoms with Gasteiger partial charge in [0.2, 0.25) is 0 Å². The second-order valence-electron chi connectivity index (χ2n) is 3.29. The van der Waals surface area contributed by atoms with Gasteiger partial charge in [0, 0.05) is 19.3 Å². The molecule has 0 atom stereocenters. The summed E-state index contributed by atoms with van der Waals surface area (Å²) in [6.07, 6.45) is 8.29. The molecule has 0 saturated carbocycles. The molecule has 1 N–H and O–H groups in total. The zero-order valence-corrected chi connectivity index (χ0v) is 8.22. The van der Waals surface area contributed by atoms with Crippen LogP contribution in [0.1, 0.15) is 36.2 Å². The Balaban J connectivity index is 2.14. The molecule has 4 heteroatoms. The largest absolute Gasteiger partial charge is 0.396 e. The Hall–Kier alpha value is -1.16. The fourth-order valence-corrected chi connectivity index (χ4v) is 1.32. The molecule has 4 nitrogen and oxygen atoms in total. The molecule has 0 aliphatic heterocycles. The minimum Gasteiger partial charge on any atom is -0.396 e. The van der Waals surface area contributed by atoms with Crippen LogP contribution in [0.5, 0.6) is 0 Å². The highest BCUT2D eigenvalue weighted by Gasteiger charge is 1.96. The summed E-state index contributed by atoms with van der Waals surface area (Å²) < 4.78 is 1.92.